The van der Waals surface area contributed by atoms with Crippen molar-refractivity contribution in [1.82, 2.24) is 0 Å². The van der Waals surface area contributed by atoms with Crippen molar-refractivity contribution in [2.75, 3.05) is 0 Å². The van der Waals surface area contributed by atoms with E-state index >= 15 is 0 Å². The lowest BCUT2D eigenvalue weighted by Crippen LogP contribution is -2.25. The van der Waals surface area contributed by atoms with E-state index in [1.165, 1.54) is 0 Å². The summed E-state index contributed by atoms with van der Waals surface area (Å²) < 4.78 is 0. The summed E-state index contributed by atoms with van der Waals surface area (Å²) in [5, 5.41) is 11.3. The molecule has 0 saturated heterocycles. The lowest BCUT2D eigenvalue weighted by atomic mass is 9.75. The van der Waals surface area contributed by atoms with Crippen molar-refractivity contribution in [1.29, 1.82) is 0 Å². The lowest BCUT2D eigenvalue weighted by molar-refractivity contribution is -0.115. The molecule has 0 saturated carbocycles. The molecule has 24 heavy (non-hydrogen) atoms. The minimum atomic E-state index is -0.464. The normalized spacial score (nSPS) is 17.2. The van der Waals surface area contributed by atoms with Crippen molar-refractivity contribution >= 4 is 34.6 Å². The van der Waals surface area contributed by atoms with Crippen molar-refractivity contribution < 1.29 is 9.90 Å². The van der Waals surface area contributed by atoms with Gasteiger partial charge in [-0.05, 0) is 29.7 Å². The van der Waals surface area contributed by atoms with E-state index in [1.807, 2.05) is 44.2 Å². The van der Waals surface area contributed by atoms with E-state index in [4.69, 9.17) is 23.2 Å². The summed E-state index contributed by atoms with van der Waals surface area (Å²) in [6.45, 7) is 3.82. The van der Waals surface area contributed by atoms with Crippen LogP contribution in [-0.2, 0) is 4.79 Å². The fraction of sp³-hybridized carbons (Fsp3) is 0.250. The Balaban J connectivity index is 2.18. The Bertz CT molecular complexity index is 813. The van der Waals surface area contributed by atoms with Crippen LogP contribution >= 0.6 is 23.2 Å². The molecule has 0 aliphatic heterocycles. The number of hydrogen-bond acceptors (Lipinski definition) is 2. The van der Waals surface area contributed by atoms with E-state index in [-0.39, 0.29) is 17.1 Å². The lowest BCUT2D eigenvalue weighted by Gasteiger charge is -2.31. The zero-order chi connectivity index (χ0) is 17.5. The molecule has 0 heterocycles. The van der Waals surface area contributed by atoms with Crippen LogP contribution in [-0.4, -0.2) is 10.9 Å². The molecule has 1 aliphatic rings. The second-order valence-corrected chi connectivity index (χ2v) is 7.53. The highest BCUT2D eigenvalue weighted by molar-refractivity contribution is 6.41. The van der Waals surface area contributed by atoms with E-state index < -0.39 is 5.41 Å². The maximum atomic E-state index is 12.4. The van der Waals surface area contributed by atoms with E-state index in [2.05, 4.69) is 0 Å². The molecule has 124 valence electrons. The zero-order valence-corrected chi connectivity index (χ0v) is 15.1. The van der Waals surface area contributed by atoms with Crippen LogP contribution < -0.4 is 0 Å². The molecular weight excluding hydrogens is 343 g/mol. The first-order valence-electron chi connectivity index (χ1n) is 7.83. The summed E-state index contributed by atoms with van der Waals surface area (Å²) >= 11 is 12.9. The number of carbonyl (C=O) groups is 1. The highest BCUT2D eigenvalue weighted by atomic mass is 35.5. The molecule has 3 rings (SSSR count). The molecule has 1 N–H and O–H groups in total. The maximum Gasteiger partial charge on any atom is 0.167 e. The molecule has 2 nitrogen and oxygen atoms in total. The molecule has 0 amide bonds. The van der Waals surface area contributed by atoms with Crippen molar-refractivity contribution in [2.45, 2.75) is 26.7 Å². The monoisotopic (exact) mass is 360 g/mol. The van der Waals surface area contributed by atoms with E-state index in [1.54, 1.807) is 12.1 Å². The molecule has 0 fully saturated rings. The molecule has 0 bridgehead atoms. The fourth-order valence-corrected chi connectivity index (χ4v) is 3.68. The van der Waals surface area contributed by atoms with Crippen molar-refractivity contribution in [3.63, 3.8) is 0 Å². The van der Waals surface area contributed by atoms with Crippen LogP contribution in [0.1, 0.15) is 32.3 Å². The van der Waals surface area contributed by atoms with Gasteiger partial charge >= 0.3 is 0 Å². The van der Waals surface area contributed by atoms with Crippen molar-refractivity contribution in [2.24, 2.45) is 5.41 Å². The first-order chi connectivity index (χ1) is 11.3. The van der Waals surface area contributed by atoms with Gasteiger partial charge in [-0.25, -0.2) is 0 Å². The number of Topliss-reactive ketones (excluding diaryl/α,β-unsaturated/α-hetero) is 1. The van der Waals surface area contributed by atoms with E-state index in [9.17, 15) is 9.90 Å². The standard InChI is InChI=1S/C20H18Cl2O2/c1-20(2)9-8-16(23)18(19(20)24)17-14(21)10-13(11-15(17)22)12-6-4-3-5-7-12/h3-7,10-11,24H,8-9H2,1-2H3. The SMILES string of the molecule is CC1(C)CCC(=O)C(c2c(Cl)cc(-c3ccccc3)cc2Cl)=C1O. The smallest absolute Gasteiger partial charge is 0.167 e. The van der Waals surface area contributed by atoms with Crippen LogP contribution in [0.2, 0.25) is 10.0 Å². The topological polar surface area (TPSA) is 37.3 Å². The quantitative estimate of drug-likeness (QED) is 0.680. The molecule has 0 atom stereocenters. The van der Waals surface area contributed by atoms with Gasteiger partial charge in [0, 0.05) is 17.4 Å². The summed E-state index contributed by atoms with van der Waals surface area (Å²) in [4.78, 5) is 12.4. The first kappa shape index (κ1) is 17.1. The fourth-order valence-electron chi connectivity index (χ4n) is 3.01. The van der Waals surface area contributed by atoms with Crippen molar-refractivity contribution in [3.8, 4) is 11.1 Å². The van der Waals surface area contributed by atoms with Gasteiger partial charge in [0.1, 0.15) is 5.76 Å². The minimum Gasteiger partial charge on any atom is -0.511 e. The number of halogens is 2. The molecule has 0 aromatic heterocycles. The van der Waals surface area contributed by atoms with Gasteiger partial charge in [0.05, 0.1) is 15.6 Å². The Labute approximate surface area is 151 Å². The van der Waals surface area contributed by atoms with E-state index in [0.717, 1.165) is 11.1 Å². The molecule has 0 spiro atoms. The maximum absolute atomic E-state index is 12.4. The highest BCUT2D eigenvalue weighted by Gasteiger charge is 2.36. The zero-order valence-electron chi connectivity index (χ0n) is 13.6. The molecule has 2 aromatic carbocycles. The van der Waals surface area contributed by atoms with Gasteiger partial charge in [-0.15, -0.1) is 0 Å². The molecule has 0 radical (unpaired) electrons. The van der Waals surface area contributed by atoms with Crippen LogP contribution in [0.15, 0.2) is 48.2 Å². The van der Waals surface area contributed by atoms with Gasteiger partial charge in [-0.1, -0.05) is 67.4 Å². The number of aliphatic hydroxyl groups excluding tert-OH is 1. The van der Waals surface area contributed by atoms with Crippen LogP contribution in [0.3, 0.4) is 0 Å². The Morgan fingerprint density at radius 1 is 1.00 bits per heavy atom. The number of benzene rings is 2. The predicted molar refractivity (Wildman–Crippen MR) is 99.5 cm³/mol. The third-order valence-corrected chi connectivity index (χ3v) is 5.13. The summed E-state index contributed by atoms with van der Waals surface area (Å²) in [6.07, 6.45) is 0.984. The van der Waals surface area contributed by atoms with Gasteiger partial charge in [-0.2, -0.15) is 0 Å². The second-order valence-electron chi connectivity index (χ2n) is 6.71. The largest absolute Gasteiger partial charge is 0.511 e. The van der Waals surface area contributed by atoms with Gasteiger partial charge < -0.3 is 5.11 Å². The Morgan fingerprint density at radius 3 is 2.17 bits per heavy atom. The summed E-state index contributed by atoms with van der Waals surface area (Å²) in [5.74, 6) is -0.0573. The third kappa shape index (κ3) is 2.97. The van der Waals surface area contributed by atoms with Crippen LogP contribution in [0.25, 0.3) is 16.7 Å². The first-order valence-corrected chi connectivity index (χ1v) is 8.58. The van der Waals surface area contributed by atoms with Crippen LogP contribution in [0.4, 0.5) is 0 Å². The predicted octanol–water partition coefficient (Wildman–Crippen LogP) is 6.32. The Hall–Kier alpha value is -1.77. The molecular formula is C20H18Cl2O2. The summed E-state index contributed by atoms with van der Waals surface area (Å²) in [5.41, 5.74) is 2.07. The summed E-state index contributed by atoms with van der Waals surface area (Å²) in [6, 6.07) is 13.3. The molecule has 4 heteroatoms. The number of aliphatic hydroxyl groups is 1. The van der Waals surface area contributed by atoms with Gasteiger partial charge in [0.25, 0.3) is 0 Å². The van der Waals surface area contributed by atoms with Gasteiger partial charge in [0.15, 0.2) is 5.78 Å². The van der Waals surface area contributed by atoms with Crippen LogP contribution in [0.5, 0.6) is 0 Å². The number of allylic oxidation sites excluding steroid dienone is 2. The number of rotatable bonds is 2. The summed E-state index contributed by atoms with van der Waals surface area (Å²) in [7, 11) is 0. The Kier molecular flexibility index (Phi) is 4.46. The second kappa shape index (κ2) is 6.27. The third-order valence-electron chi connectivity index (χ3n) is 4.53. The molecule has 0 unspecified atom stereocenters. The number of carbonyl (C=O) groups excluding carboxylic acids is 1. The van der Waals surface area contributed by atoms with Gasteiger partial charge in [0.2, 0.25) is 0 Å². The highest BCUT2D eigenvalue weighted by Crippen LogP contribution is 2.45. The average molecular weight is 361 g/mol. The van der Waals surface area contributed by atoms with Crippen molar-refractivity contribution in [3.05, 3.63) is 63.8 Å². The molecule has 1 aliphatic carbocycles. The average Bonchev–Trinajstić information content (AvgIpc) is 2.55. The van der Waals surface area contributed by atoms with Gasteiger partial charge in [-0.3, -0.25) is 4.79 Å². The Morgan fingerprint density at radius 2 is 1.58 bits per heavy atom. The molecule has 2 aromatic rings. The number of ketones is 1. The van der Waals surface area contributed by atoms with E-state index in [0.29, 0.717) is 28.5 Å². The van der Waals surface area contributed by atoms with Crippen LogP contribution in [0, 0.1) is 5.41 Å². The minimum absolute atomic E-state index is 0.0648. The number of hydrogen-bond donors (Lipinski definition) is 1.